The molecular formula is C16H17Br2NO. The van der Waals surface area contributed by atoms with E-state index in [1.807, 2.05) is 12.1 Å². The van der Waals surface area contributed by atoms with Gasteiger partial charge in [-0.05, 0) is 48.5 Å². The molecule has 2 aromatic carbocycles. The van der Waals surface area contributed by atoms with Gasteiger partial charge in [-0.3, -0.25) is 4.90 Å². The van der Waals surface area contributed by atoms with E-state index >= 15 is 0 Å². The standard InChI is InChI=1S/C16H17Br2NO/c1-19(10-12-3-5-14(17)6-4-12)11-13-9-15(20-2)7-8-16(13)18/h3-9H,10-11H2,1-2H3. The maximum atomic E-state index is 5.28. The van der Waals surface area contributed by atoms with Crippen molar-refractivity contribution < 1.29 is 4.74 Å². The Morgan fingerprint density at radius 3 is 2.35 bits per heavy atom. The topological polar surface area (TPSA) is 12.5 Å². The molecule has 2 rings (SSSR count). The normalized spacial score (nSPS) is 10.8. The summed E-state index contributed by atoms with van der Waals surface area (Å²) < 4.78 is 7.50. The van der Waals surface area contributed by atoms with Crippen molar-refractivity contribution in [2.45, 2.75) is 13.1 Å². The van der Waals surface area contributed by atoms with Crippen LogP contribution in [0, 0.1) is 0 Å². The van der Waals surface area contributed by atoms with Gasteiger partial charge in [0.1, 0.15) is 5.75 Å². The first kappa shape index (κ1) is 15.5. The fourth-order valence-electron chi connectivity index (χ4n) is 2.05. The fourth-order valence-corrected chi connectivity index (χ4v) is 2.68. The Morgan fingerprint density at radius 1 is 1.00 bits per heavy atom. The van der Waals surface area contributed by atoms with Crippen LogP contribution in [0.3, 0.4) is 0 Å². The highest BCUT2D eigenvalue weighted by atomic mass is 79.9. The molecule has 0 radical (unpaired) electrons. The van der Waals surface area contributed by atoms with Crippen molar-refractivity contribution in [1.82, 2.24) is 4.90 Å². The molecule has 0 N–H and O–H groups in total. The lowest BCUT2D eigenvalue weighted by atomic mass is 10.1. The molecule has 0 heterocycles. The monoisotopic (exact) mass is 397 g/mol. The van der Waals surface area contributed by atoms with Crippen LogP contribution < -0.4 is 4.74 Å². The Kier molecular flexibility index (Phi) is 5.64. The number of nitrogens with zero attached hydrogens (tertiary/aromatic N) is 1. The fraction of sp³-hybridized carbons (Fsp3) is 0.250. The number of halogens is 2. The predicted octanol–water partition coefficient (Wildman–Crippen LogP) is 4.85. The van der Waals surface area contributed by atoms with Crippen molar-refractivity contribution in [2.24, 2.45) is 0 Å². The van der Waals surface area contributed by atoms with Crippen LogP contribution in [0.4, 0.5) is 0 Å². The highest BCUT2D eigenvalue weighted by Crippen LogP contribution is 2.24. The maximum absolute atomic E-state index is 5.28. The molecule has 0 aliphatic heterocycles. The van der Waals surface area contributed by atoms with E-state index in [0.29, 0.717) is 0 Å². The van der Waals surface area contributed by atoms with Crippen molar-refractivity contribution >= 4 is 31.9 Å². The number of hydrogen-bond acceptors (Lipinski definition) is 2. The number of methoxy groups -OCH3 is 1. The number of ether oxygens (including phenoxy) is 1. The lowest BCUT2D eigenvalue weighted by molar-refractivity contribution is 0.317. The van der Waals surface area contributed by atoms with E-state index in [0.717, 1.165) is 27.8 Å². The van der Waals surface area contributed by atoms with Gasteiger partial charge in [0.25, 0.3) is 0 Å². The summed E-state index contributed by atoms with van der Waals surface area (Å²) in [6, 6.07) is 14.5. The van der Waals surface area contributed by atoms with Gasteiger partial charge in [0.05, 0.1) is 7.11 Å². The number of hydrogen-bond donors (Lipinski definition) is 0. The van der Waals surface area contributed by atoms with Crippen molar-refractivity contribution in [3.63, 3.8) is 0 Å². The molecule has 0 aromatic heterocycles. The molecule has 2 aromatic rings. The lowest BCUT2D eigenvalue weighted by Gasteiger charge is -2.18. The van der Waals surface area contributed by atoms with Crippen molar-refractivity contribution in [3.8, 4) is 5.75 Å². The Morgan fingerprint density at radius 2 is 1.70 bits per heavy atom. The van der Waals surface area contributed by atoms with Gasteiger partial charge in [-0.15, -0.1) is 0 Å². The molecule has 0 saturated carbocycles. The molecule has 106 valence electrons. The molecular weight excluding hydrogens is 382 g/mol. The molecule has 0 spiro atoms. The minimum atomic E-state index is 0.869. The van der Waals surface area contributed by atoms with Crippen LogP contribution in [0.1, 0.15) is 11.1 Å². The van der Waals surface area contributed by atoms with E-state index in [-0.39, 0.29) is 0 Å². The second-order valence-electron chi connectivity index (χ2n) is 4.76. The van der Waals surface area contributed by atoms with Gasteiger partial charge >= 0.3 is 0 Å². The third-order valence-electron chi connectivity index (χ3n) is 3.06. The van der Waals surface area contributed by atoms with E-state index in [4.69, 9.17) is 4.74 Å². The minimum Gasteiger partial charge on any atom is -0.497 e. The highest BCUT2D eigenvalue weighted by molar-refractivity contribution is 9.10. The van der Waals surface area contributed by atoms with E-state index < -0.39 is 0 Å². The maximum Gasteiger partial charge on any atom is 0.119 e. The first-order valence-electron chi connectivity index (χ1n) is 6.34. The predicted molar refractivity (Wildman–Crippen MR) is 90.0 cm³/mol. The summed E-state index contributed by atoms with van der Waals surface area (Å²) in [6.07, 6.45) is 0. The third kappa shape index (κ3) is 4.33. The molecule has 20 heavy (non-hydrogen) atoms. The molecule has 0 atom stereocenters. The van der Waals surface area contributed by atoms with Crippen LogP contribution in [-0.4, -0.2) is 19.1 Å². The Hall–Kier alpha value is -0.840. The van der Waals surface area contributed by atoms with E-state index in [9.17, 15) is 0 Å². The molecule has 0 fully saturated rings. The van der Waals surface area contributed by atoms with E-state index in [2.05, 4.69) is 74.1 Å². The smallest absolute Gasteiger partial charge is 0.119 e. The quantitative estimate of drug-likeness (QED) is 0.713. The highest BCUT2D eigenvalue weighted by Gasteiger charge is 2.06. The van der Waals surface area contributed by atoms with Crippen molar-refractivity contribution in [1.29, 1.82) is 0 Å². The van der Waals surface area contributed by atoms with Gasteiger partial charge in [0.15, 0.2) is 0 Å². The summed E-state index contributed by atoms with van der Waals surface area (Å²) in [4.78, 5) is 2.28. The zero-order valence-corrected chi connectivity index (χ0v) is 14.7. The molecule has 2 nitrogen and oxygen atoms in total. The molecule has 0 aliphatic carbocycles. The van der Waals surface area contributed by atoms with Crippen LogP contribution in [0.5, 0.6) is 5.75 Å². The molecule has 4 heteroatoms. The summed E-state index contributed by atoms with van der Waals surface area (Å²) in [5, 5.41) is 0. The molecule has 0 aliphatic rings. The van der Waals surface area contributed by atoms with Gasteiger partial charge in [-0.1, -0.05) is 44.0 Å². The molecule has 0 amide bonds. The Bertz CT molecular complexity index is 569. The average molecular weight is 399 g/mol. The first-order valence-corrected chi connectivity index (χ1v) is 7.92. The largest absolute Gasteiger partial charge is 0.497 e. The number of benzene rings is 2. The van der Waals surface area contributed by atoms with Crippen LogP contribution in [0.25, 0.3) is 0 Å². The van der Waals surface area contributed by atoms with Crippen LogP contribution in [0.2, 0.25) is 0 Å². The SMILES string of the molecule is COc1ccc(Br)c(CN(C)Cc2ccc(Br)cc2)c1. The third-order valence-corrected chi connectivity index (χ3v) is 4.36. The van der Waals surface area contributed by atoms with Crippen molar-refractivity contribution in [2.75, 3.05) is 14.2 Å². The van der Waals surface area contributed by atoms with Crippen LogP contribution in [0.15, 0.2) is 51.4 Å². The summed E-state index contributed by atoms with van der Waals surface area (Å²) in [6.45, 7) is 1.78. The average Bonchev–Trinajstić information content (AvgIpc) is 2.44. The second-order valence-corrected chi connectivity index (χ2v) is 6.53. The summed E-state index contributed by atoms with van der Waals surface area (Å²) in [5.41, 5.74) is 2.53. The van der Waals surface area contributed by atoms with Gasteiger partial charge in [-0.25, -0.2) is 0 Å². The van der Waals surface area contributed by atoms with E-state index in [1.54, 1.807) is 7.11 Å². The summed E-state index contributed by atoms with van der Waals surface area (Å²) in [7, 11) is 3.81. The van der Waals surface area contributed by atoms with Crippen LogP contribution >= 0.6 is 31.9 Å². The van der Waals surface area contributed by atoms with E-state index in [1.165, 1.54) is 11.1 Å². The van der Waals surface area contributed by atoms with Gasteiger partial charge in [0, 0.05) is 22.0 Å². The zero-order chi connectivity index (χ0) is 14.5. The first-order chi connectivity index (χ1) is 9.58. The van der Waals surface area contributed by atoms with Gasteiger partial charge < -0.3 is 4.74 Å². The zero-order valence-electron chi connectivity index (χ0n) is 11.6. The Balaban J connectivity index is 2.04. The number of rotatable bonds is 5. The lowest BCUT2D eigenvalue weighted by Crippen LogP contribution is -2.17. The molecule has 0 unspecified atom stereocenters. The molecule has 0 saturated heterocycles. The Labute approximate surface area is 137 Å². The summed E-state index contributed by atoms with van der Waals surface area (Å²) in [5.74, 6) is 0.889. The molecule has 0 bridgehead atoms. The van der Waals surface area contributed by atoms with Crippen molar-refractivity contribution in [3.05, 3.63) is 62.5 Å². The van der Waals surface area contributed by atoms with Gasteiger partial charge in [0.2, 0.25) is 0 Å². The van der Waals surface area contributed by atoms with Crippen LogP contribution in [-0.2, 0) is 13.1 Å². The second kappa shape index (κ2) is 7.25. The minimum absolute atomic E-state index is 0.869. The van der Waals surface area contributed by atoms with Gasteiger partial charge in [-0.2, -0.15) is 0 Å². The summed E-state index contributed by atoms with van der Waals surface area (Å²) >= 11 is 7.05.